The molecule has 2 rings (SSSR count). The summed E-state index contributed by atoms with van der Waals surface area (Å²) >= 11 is 3.45. The molecule has 1 unspecified atom stereocenters. The van der Waals surface area contributed by atoms with Crippen LogP contribution in [0.3, 0.4) is 0 Å². The molecule has 1 aliphatic heterocycles. The van der Waals surface area contributed by atoms with Gasteiger partial charge in [0, 0.05) is 30.0 Å². The second-order valence-corrected chi connectivity index (χ2v) is 7.32. The van der Waals surface area contributed by atoms with Gasteiger partial charge in [0.25, 0.3) is 0 Å². The normalized spacial score (nSPS) is 18.5. The molecule has 0 bridgehead atoms. The van der Waals surface area contributed by atoms with Crippen molar-refractivity contribution in [3.05, 3.63) is 34.3 Å². The number of carboxylic acids is 1. The Hall–Kier alpha value is -1.40. The number of aryl methyl sites for hydroxylation is 1. The van der Waals surface area contributed by atoms with E-state index in [-0.39, 0.29) is 18.5 Å². The summed E-state index contributed by atoms with van der Waals surface area (Å²) in [4.78, 5) is 27.1. The molecule has 0 radical (unpaired) electrons. The zero-order valence-corrected chi connectivity index (χ0v) is 15.7. The lowest BCUT2D eigenvalue weighted by Crippen LogP contribution is -2.37. The Morgan fingerprint density at radius 2 is 2.12 bits per heavy atom. The highest BCUT2D eigenvalue weighted by Crippen LogP contribution is 2.18. The molecule has 1 saturated heterocycles. The number of likely N-dealkylation sites (tertiary alicyclic amines) is 1. The van der Waals surface area contributed by atoms with Gasteiger partial charge in [-0.25, -0.2) is 0 Å². The Morgan fingerprint density at radius 1 is 1.33 bits per heavy atom. The third-order valence-electron chi connectivity index (χ3n) is 4.57. The van der Waals surface area contributed by atoms with Crippen molar-refractivity contribution in [1.29, 1.82) is 0 Å². The maximum atomic E-state index is 12.5. The number of benzene rings is 1. The van der Waals surface area contributed by atoms with Crippen molar-refractivity contribution < 1.29 is 14.7 Å². The lowest BCUT2D eigenvalue weighted by atomic mass is 10.1. The van der Waals surface area contributed by atoms with Gasteiger partial charge in [-0.1, -0.05) is 28.1 Å². The number of carbonyl (C=O) groups is 2. The number of carboxylic acid groups (broad SMARTS) is 1. The zero-order valence-electron chi connectivity index (χ0n) is 14.1. The van der Waals surface area contributed by atoms with Crippen molar-refractivity contribution in [2.75, 3.05) is 26.7 Å². The van der Waals surface area contributed by atoms with Gasteiger partial charge in [-0.2, -0.15) is 0 Å². The van der Waals surface area contributed by atoms with Crippen LogP contribution in [0, 0.1) is 0 Å². The number of nitrogens with zero attached hydrogens (tertiary/aromatic N) is 2. The van der Waals surface area contributed by atoms with Crippen LogP contribution in [-0.2, 0) is 16.0 Å². The molecule has 0 spiro atoms. The fourth-order valence-corrected chi connectivity index (χ4v) is 3.66. The number of halogens is 1. The summed E-state index contributed by atoms with van der Waals surface area (Å²) in [6.07, 6.45) is 3.98. The summed E-state index contributed by atoms with van der Waals surface area (Å²) in [5.74, 6) is -0.611. The molecule has 1 heterocycles. The molecule has 1 N–H and O–H groups in total. The maximum Gasteiger partial charge on any atom is 0.317 e. The van der Waals surface area contributed by atoms with E-state index in [9.17, 15) is 9.59 Å². The molecule has 6 heteroatoms. The van der Waals surface area contributed by atoms with Crippen LogP contribution >= 0.6 is 15.9 Å². The van der Waals surface area contributed by atoms with Crippen LogP contribution in [-0.4, -0.2) is 59.5 Å². The predicted molar refractivity (Wildman–Crippen MR) is 96.9 cm³/mol. The zero-order chi connectivity index (χ0) is 17.5. The number of carbonyl (C=O) groups excluding carboxylic acids is 1. The van der Waals surface area contributed by atoms with Crippen LogP contribution in [0.1, 0.15) is 31.2 Å². The highest BCUT2D eigenvalue weighted by atomic mass is 79.9. The van der Waals surface area contributed by atoms with Gasteiger partial charge >= 0.3 is 5.97 Å². The van der Waals surface area contributed by atoms with Crippen LogP contribution in [0.4, 0.5) is 0 Å². The number of likely N-dealkylation sites (N-methyl/N-ethyl adjacent to an activating group) is 1. The molecular weight excluding hydrogens is 372 g/mol. The van der Waals surface area contributed by atoms with Gasteiger partial charge in [0.1, 0.15) is 0 Å². The molecule has 24 heavy (non-hydrogen) atoms. The molecule has 0 aromatic heterocycles. The second-order valence-electron chi connectivity index (χ2n) is 6.40. The van der Waals surface area contributed by atoms with Crippen LogP contribution in [0.15, 0.2) is 28.7 Å². The van der Waals surface area contributed by atoms with E-state index in [0.29, 0.717) is 13.0 Å². The molecule has 0 saturated carbocycles. The summed E-state index contributed by atoms with van der Waals surface area (Å²) in [5, 5.41) is 8.91. The molecule has 1 aromatic carbocycles. The third-order valence-corrected chi connectivity index (χ3v) is 5.07. The van der Waals surface area contributed by atoms with Crippen molar-refractivity contribution in [3.63, 3.8) is 0 Å². The number of hydrogen-bond donors (Lipinski definition) is 1. The van der Waals surface area contributed by atoms with Gasteiger partial charge in [-0.05, 0) is 50.4 Å². The quantitative estimate of drug-likeness (QED) is 0.802. The monoisotopic (exact) mass is 396 g/mol. The molecule has 0 aliphatic carbocycles. The van der Waals surface area contributed by atoms with Crippen LogP contribution in [0.2, 0.25) is 0 Å². The average Bonchev–Trinajstić information content (AvgIpc) is 2.78. The Balaban J connectivity index is 1.82. The van der Waals surface area contributed by atoms with E-state index in [0.717, 1.165) is 42.3 Å². The molecule has 132 valence electrons. The number of hydrogen-bond acceptors (Lipinski definition) is 3. The van der Waals surface area contributed by atoms with Gasteiger partial charge in [-0.15, -0.1) is 0 Å². The van der Waals surface area contributed by atoms with Crippen molar-refractivity contribution in [2.24, 2.45) is 0 Å². The van der Waals surface area contributed by atoms with Crippen LogP contribution in [0.5, 0.6) is 0 Å². The largest absolute Gasteiger partial charge is 0.480 e. The minimum atomic E-state index is -0.802. The first-order valence-electron chi connectivity index (χ1n) is 8.40. The Bertz CT molecular complexity index is 579. The van der Waals surface area contributed by atoms with Crippen molar-refractivity contribution in [1.82, 2.24) is 9.80 Å². The van der Waals surface area contributed by atoms with Gasteiger partial charge < -0.3 is 10.0 Å². The minimum absolute atomic E-state index is 0.0570. The number of aliphatic carboxylic acids is 1. The summed E-state index contributed by atoms with van der Waals surface area (Å²) in [5.41, 5.74) is 1.16. The summed E-state index contributed by atoms with van der Waals surface area (Å²) in [6, 6.07) is 8.29. The fraction of sp³-hybridized carbons (Fsp3) is 0.556. The Morgan fingerprint density at radius 3 is 2.83 bits per heavy atom. The van der Waals surface area contributed by atoms with E-state index >= 15 is 0 Å². The predicted octanol–water partition coefficient (Wildman–Crippen LogP) is 2.78. The minimum Gasteiger partial charge on any atom is -0.480 e. The molecule has 1 amide bonds. The topological polar surface area (TPSA) is 60.9 Å². The number of amides is 1. The SMILES string of the molecule is CN(CC(=O)O)C1CCCN(C(=O)CCc2cccc(Br)c2)CC1. The van der Waals surface area contributed by atoms with E-state index in [4.69, 9.17) is 5.11 Å². The molecule has 1 atom stereocenters. The Labute approximate surface area is 151 Å². The fourth-order valence-electron chi connectivity index (χ4n) is 3.21. The molecular formula is C18H25BrN2O3. The van der Waals surface area contributed by atoms with E-state index in [2.05, 4.69) is 15.9 Å². The van der Waals surface area contributed by atoms with Crippen molar-refractivity contribution in [2.45, 2.75) is 38.1 Å². The smallest absolute Gasteiger partial charge is 0.317 e. The first kappa shape index (κ1) is 18.9. The standard InChI is InChI=1S/C18H25BrN2O3/c1-20(13-18(23)24)16-6-3-10-21(11-9-16)17(22)8-7-14-4-2-5-15(19)12-14/h2,4-5,12,16H,3,6-11,13H2,1H3,(H,23,24). The molecule has 5 nitrogen and oxygen atoms in total. The highest BCUT2D eigenvalue weighted by Gasteiger charge is 2.23. The molecule has 1 aliphatic rings. The van der Waals surface area contributed by atoms with E-state index < -0.39 is 5.97 Å². The first-order chi connectivity index (χ1) is 11.5. The second kappa shape index (κ2) is 9.18. The van der Waals surface area contributed by atoms with Gasteiger partial charge in [0.05, 0.1) is 6.54 Å². The lowest BCUT2D eigenvalue weighted by Gasteiger charge is -2.25. The highest BCUT2D eigenvalue weighted by molar-refractivity contribution is 9.10. The average molecular weight is 397 g/mol. The van der Waals surface area contributed by atoms with Crippen LogP contribution in [0.25, 0.3) is 0 Å². The van der Waals surface area contributed by atoms with Gasteiger partial charge in [0.2, 0.25) is 5.91 Å². The summed E-state index contributed by atoms with van der Waals surface area (Å²) < 4.78 is 1.03. The summed E-state index contributed by atoms with van der Waals surface area (Å²) in [7, 11) is 1.85. The maximum absolute atomic E-state index is 12.5. The van der Waals surface area contributed by atoms with Gasteiger partial charge in [-0.3, -0.25) is 14.5 Å². The van der Waals surface area contributed by atoms with E-state index in [1.54, 1.807) is 0 Å². The Kier molecular flexibility index (Phi) is 7.24. The first-order valence-corrected chi connectivity index (χ1v) is 9.19. The molecule has 1 fully saturated rings. The van der Waals surface area contributed by atoms with Gasteiger partial charge in [0.15, 0.2) is 0 Å². The van der Waals surface area contributed by atoms with Crippen molar-refractivity contribution >= 4 is 27.8 Å². The summed E-state index contributed by atoms with van der Waals surface area (Å²) in [6.45, 7) is 1.54. The molecule has 1 aromatic rings. The van der Waals surface area contributed by atoms with E-state index in [1.165, 1.54) is 0 Å². The lowest BCUT2D eigenvalue weighted by molar-refractivity contribution is -0.138. The van der Waals surface area contributed by atoms with E-state index in [1.807, 2.05) is 41.1 Å². The van der Waals surface area contributed by atoms with Crippen LogP contribution < -0.4 is 0 Å². The third kappa shape index (κ3) is 5.91. The van der Waals surface area contributed by atoms with Crippen molar-refractivity contribution in [3.8, 4) is 0 Å². The number of rotatable bonds is 6.